The summed E-state index contributed by atoms with van der Waals surface area (Å²) in [5.41, 5.74) is 4.27. The number of aryl methyl sites for hydroxylation is 2. The van der Waals surface area contributed by atoms with Crippen LogP contribution in [0.15, 0.2) is 47.3 Å². The molecule has 0 radical (unpaired) electrons. The zero-order chi connectivity index (χ0) is 19.7. The zero-order valence-electron chi connectivity index (χ0n) is 16.2. The highest BCUT2D eigenvalue weighted by Gasteiger charge is 2.25. The molecule has 0 spiro atoms. The zero-order valence-corrected chi connectivity index (χ0v) is 16.2. The van der Waals surface area contributed by atoms with E-state index in [1.54, 1.807) is 7.05 Å². The molecule has 0 amide bonds. The second kappa shape index (κ2) is 7.45. The average Bonchev–Trinajstić information content (AvgIpc) is 2.72. The molecule has 1 aliphatic rings. The molecule has 0 atom stereocenters. The lowest BCUT2D eigenvalue weighted by atomic mass is 10.1. The molecule has 3 heterocycles. The van der Waals surface area contributed by atoms with E-state index in [9.17, 15) is 10.1 Å². The van der Waals surface area contributed by atoms with Gasteiger partial charge in [0.25, 0.3) is 5.56 Å². The standard InChI is InChI=1S/C22H23N5O/c1-16-8-9-19-20(24-16)21(18(14-23)22(28)25(19)2)27-12-10-26(11-13-27)15-17-6-4-3-5-7-17/h3-9H,10-13,15H2,1-2H3. The minimum absolute atomic E-state index is 0.185. The van der Waals surface area contributed by atoms with Crippen LogP contribution in [0.1, 0.15) is 16.8 Å². The number of anilines is 1. The van der Waals surface area contributed by atoms with E-state index in [0.717, 1.165) is 49.5 Å². The van der Waals surface area contributed by atoms with E-state index >= 15 is 0 Å². The quantitative estimate of drug-likeness (QED) is 0.706. The molecule has 1 aliphatic heterocycles. The lowest BCUT2D eigenvalue weighted by Crippen LogP contribution is -2.47. The summed E-state index contributed by atoms with van der Waals surface area (Å²) in [6.07, 6.45) is 0. The van der Waals surface area contributed by atoms with Crippen LogP contribution in [-0.2, 0) is 13.6 Å². The molecule has 1 aromatic carbocycles. The van der Waals surface area contributed by atoms with Gasteiger partial charge in [-0.25, -0.2) is 4.98 Å². The van der Waals surface area contributed by atoms with Gasteiger partial charge in [0.2, 0.25) is 0 Å². The Morgan fingerprint density at radius 3 is 2.46 bits per heavy atom. The van der Waals surface area contributed by atoms with E-state index in [0.29, 0.717) is 5.69 Å². The van der Waals surface area contributed by atoms with Gasteiger partial charge in [0.15, 0.2) is 0 Å². The van der Waals surface area contributed by atoms with Crippen molar-refractivity contribution in [3.8, 4) is 6.07 Å². The highest BCUT2D eigenvalue weighted by atomic mass is 16.1. The molecule has 28 heavy (non-hydrogen) atoms. The largest absolute Gasteiger partial charge is 0.366 e. The maximum Gasteiger partial charge on any atom is 0.270 e. The van der Waals surface area contributed by atoms with Crippen molar-refractivity contribution in [1.82, 2.24) is 14.5 Å². The molecule has 6 nitrogen and oxygen atoms in total. The number of nitriles is 1. The maximum absolute atomic E-state index is 12.7. The van der Waals surface area contributed by atoms with Crippen molar-refractivity contribution in [2.45, 2.75) is 13.5 Å². The van der Waals surface area contributed by atoms with Crippen molar-refractivity contribution in [3.05, 3.63) is 69.6 Å². The summed E-state index contributed by atoms with van der Waals surface area (Å²) in [5.74, 6) is 0. The van der Waals surface area contributed by atoms with Crippen LogP contribution in [0.2, 0.25) is 0 Å². The third-order valence-electron chi connectivity index (χ3n) is 5.40. The fraction of sp³-hybridized carbons (Fsp3) is 0.318. The van der Waals surface area contributed by atoms with Crippen LogP contribution in [0.5, 0.6) is 0 Å². The van der Waals surface area contributed by atoms with Gasteiger partial charge < -0.3 is 9.47 Å². The maximum atomic E-state index is 12.7. The van der Waals surface area contributed by atoms with Crippen molar-refractivity contribution in [2.24, 2.45) is 7.05 Å². The van der Waals surface area contributed by atoms with Crippen LogP contribution in [0, 0.1) is 18.3 Å². The summed E-state index contributed by atoms with van der Waals surface area (Å²) in [6, 6.07) is 16.4. The van der Waals surface area contributed by atoms with E-state index in [-0.39, 0.29) is 11.1 Å². The van der Waals surface area contributed by atoms with Crippen LogP contribution in [0.25, 0.3) is 11.0 Å². The molecule has 0 saturated carbocycles. The van der Waals surface area contributed by atoms with Gasteiger partial charge in [-0.2, -0.15) is 5.26 Å². The Morgan fingerprint density at radius 2 is 1.79 bits per heavy atom. The van der Waals surface area contributed by atoms with Crippen LogP contribution in [0.3, 0.4) is 0 Å². The Hall–Kier alpha value is -3.17. The monoisotopic (exact) mass is 373 g/mol. The van der Waals surface area contributed by atoms with Gasteiger partial charge in [0.1, 0.15) is 17.1 Å². The molecule has 0 unspecified atom stereocenters. The van der Waals surface area contributed by atoms with Gasteiger partial charge in [-0.3, -0.25) is 9.69 Å². The van der Waals surface area contributed by atoms with Crippen molar-refractivity contribution in [3.63, 3.8) is 0 Å². The first-order valence-electron chi connectivity index (χ1n) is 9.50. The third-order valence-corrected chi connectivity index (χ3v) is 5.40. The number of hydrogen-bond acceptors (Lipinski definition) is 5. The molecule has 1 saturated heterocycles. The van der Waals surface area contributed by atoms with Crippen LogP contribution < -0.4 is 10.5 Å². The molecular formula is C22H23N5O. The number of hydrogen-bond donors (Lipinski definition) is 0. The number of aromatic nitrogens is 2. The highest BCUT2D eigenvalue weighted by molar-refractivity contribution is 5.91. The molecule has 3 aromatic rings. The Morgan fingerprint density at radius 1 is 1.07 bits per heavy atom. The van der Waals surface area contributed by atoms with Crippen molar-refractivity contribution < 1.29 is 0 Å². The molecule has 0 N–H and O–H groups in total. The Bertz CT molecular complexity index is 1110. The molecule has 4 rings (SSSR count). The van der Waals surface area contributed by atoms with E-state index < -0.39 is 0 Å². The molecule has 6 heteroatoms. The Balaban J connectivity index is 1.67. The lowest BCUT2D eigenvalue weighted by molar-refractivity contribution is 0.250. The van der Waals surface area contributed by atoms with Crippen molar-refractivity contribution in [2.75, 3.05) is 31.1 Å². The van der Waals surface area contributed by atoms with Crippen LogP contribution >= 0.6 is 0 Å². The van der Waals surface area contributed by atoms with Gasteiger partial charge in [0, 0.05) is 45.5 Å². The molecule has 142 valence electrons. The SMILES string of the molecule is Cc1ccc2c(n1)c(N1CCN(Cc3ccccc3)CC1)c(C#N)c(=O)n2C. The number of nitrogens with zero attached hydrogens (tertiary/aromatic N) is 5. The molecular weight excluding hydrogens is 350 g/mol. The van der Waals surface area contributed by atoms with Gasteiger partial charge in [-0.1, -0.05) is 30.3 Å². The van der Waals surface area contributed by atoms with Gasteiger partial charge in [-0.15, -0.1) is 0 Å². The molecule has 0 aliphatic carbocycles. The second-order valence-corrected chi connectivity index (χ2v) is 7.27. The fourth-order valence-corrected chi connectivity index (χ4v) is 3.87. The van der Waals surface area contributed by atoms with Gasteiger partial charge in [0.05, 0.1) is 11.2 Å². The fourth-order valence-electron chi connectivity index (χ4n) is 3.87. The Labute approximate surface area is 164 Å². The van der Waals surface area contributed by atoms with Crippen molar-refractivity contribution >= 4 is 16.7 Å². The number of fused-ring (bicyclic) bond motifs is 1. The minimum atomic E-state index is -0.262. The lowest BCUT2D eigenvalue weighted by Gasteiger charge is -2.36. The van der Waals surface area contributed by atoms with Gasteiger partial charge in [-0.05, 0) is 24.6 Å². The summed E-state index contributed by atoms with van der Waals surface area (Å²) >= 11 is 0. The molecule has 0 bridgehead atoms. The number of piperazine rings is 1. The predicted molar refractivity (Wildman–Crippen MR) is 110 cm³/mol. The summed E-state index contributed by atoms with van der Waals surface area (Å²) in [5, 5.41) is 9.70. The minimum Gasteiger partial charge on any atom is -0.366 e. The van der Waals surface area contributed by atoms with E-state index in [4.69, 9.17) is 0 Å². The van der Waals surface area contributed by atoms with Crippen molar-refractivity contribution in [1.29, 1.82) is 5.26 Å². The van der Waals surface area contributed by atoms with E-state index in [2.05, 4.69) is 45.1 Å². The number of rotatable bonds is 3. The molecule has 1 fully saturated rings. The predicted octanol–water partition coefficient (Wildman–Crippen LogP) is 2.44. The third kappa shape index (κ3) is 3.25. The summed E-state index contributed by atoms with van der Waals surface area (Å²) in [4.78, 5) is 22.0. The molecule has 2 aromatic heterocycles. The first kappa shape index (κ1) is 18.2. The highest BCUT2D eigenvalue weighted by Crippen LogP contribution is 2.28. The van der Waals surface area contributed by atoms with E-state index in [1.807, 2.05) is 25.1 Å². The average molecular weight is 373 g/mol. The smallest absolute Gasteiger partial charge is 0.270 e. The van der Waals surface area contributed by atoms with E-state index in [1.165, 1.54) is 10.1 Å². The van der Waals surface area contributed by atoms with Gasteiger partial charge >= 0.3 is 0 Å². The first-order chi connectivity index (χ1) is 13.6. The summed E-state index contributed by atoms with van der Waals surface area (Å²) < 4.78 is 1.52. The second-order valence-electron chi connectivity index (χ2n) is 7.27. The normalized spacial score (nSPS) is 15.0. The van der Waals surface area contributed by atoms with Crippen LogP contribution in [-0.4, -0.2) is 40.6 Å². The first-order valence-corrected chi connectivity index (χ1v) is 9.50. The van der Waals surface area contributed by atoms with Crippen LogP contribution in [0.4, 0.5) is 5.69 Å². The Kier molecular flexibility index (Phi) is 4.84. The topological polar surface area (TPSA) is 65.2 Å². The summed E-state index contributed by atoms with van der Waals surface area (Å²) in [7, 11) is 1.70. The summed E-state index contributed by atoms with van der Waals surface area (Å²) in [6.45, 7) is 6.12. The number of pyridine rings is 2. The number of benzene rings is 1.